The van der Waals surface area contributed by atoms with Gasteiger partial charge in [0.2, 0.25) is 0 Å². The summed E-state index contributed by atoms with van der Waals surface area (Å²) < 4.78 is 5.52. The summed E-state index contributed by atoms with van der Waals surface area (Å²) >= 11 is 6.24. The fraction of sp³-hybridized carbons (Fsp3) is 1.00. The van der Waals surface area contributed by atoms with Gasteiger partial charge in [-0.3, -0.25) is 0 Å². The normalized spacial score (nSPS) is 16.8. The van der Waals surface area contributed by atoms with Crippen molar-refractivity contribution < 1.29 is 4.43 Å². The molecule has 1 unspecified atom stereocenters. The van der Waals surface area contributed by atoms with E-state index in [0.29, 0.717) is 0 Å². The Morgan fingerprint density at radius 2 is 1.90 bits per heavy atom. The second-order valence-corrected chi connectivity index (χ2v) is 7.75. The lowest BCUT2D eigenvalue weighted by molar-refractivity contribution is 0.334. The van der Waals surface area contributed by atoms with Gasteiger partial charge in [0.25, 0.3) is 7.63 Å². The van der Waals surface area contributed by atoms with Crippen LogP contribution in [0.25, 0.3) is 0 Å². The Kier molecular flexibility index (Phi) is 5.40. The molecule has 0 saturated carbocycles. The molecule has 3 heteroatoms. The van der Waals surface area contributed by atoms with Gasteiger partial charge in [0.15, 0.2) is 0 Å². The van der Waals surface area contributed by atoms with Crippen LogP contribution in [0.2, 0.25) is 12.1 Å². The molecule has 0 spiro atoms. The van der Waals surface area contributed by atoms with Crippen molar-refractivity contribution >= 4 is 18.7 Å². The van der Waals surface area contributed by atoms with Gasteiger partial charge in [0, 0.05) is 6.61 Å². The van der Waals surface area contributed by atoms with E-state index < -0.39 is 7.63 Å². The first kappa shape index (κ1) is 10.5. The van der Waals surface area contributed by atoms with Gasteiger partial charge in [0.05, 0.1) is 0 Å². The molecular formula is C7H17ClOSi. The van der Waals surface area contributed by atoms with Crippen LogP contribution < -0.4 is 0 Å². The maximum absolute atomic E-state index is 6.24. The first-order valence-electron chi connectivity index (χ1n) is 4.01. The molecule has 0 saturated heterocycles. The summed E-state index contributed by atoms with van der Waals surface area (Å²) in [5, 5.41) is 0. The topological polar surface area (TPSA) is 9.23 Å². The first-order valence-corrected chi connectivity index (χ1v) is 7.34. The maximum atomic E-state index is 6.24. The van der Waals surface area contributed by atoms with Gasteiger partial charge < -0.3 is 4.43 Å². The van der Waals surface area contributed by atoms with Gasteiger partial charge >= 0.3 is 0 Å². The Bertz CT molecular complexity index is 81.7. The molecule has 1 atom stereocenters. The molecule has 0 aromatic rings. The van der Waals surface area contributed by atoms with Crippen LogP contribution in [0.4, 0.5) is 0 Å². The molecule has 1 nitrogen and oxygen atoms in total. The fourth-order valence-corrected chi connectivity index (χ4v) is 3.84. The second-order valence-electron chi connectivity index (χ2n) is 2.42. The van der Waals surface area contributed by atoms with E-state index in [-0.39, 0.29) is 0 Å². The zero-order chi connectivity index (χ0) is 8.04. The molecule has 0 N–H and O–H groups in total. The van der Waals surface area contributed by atoms with Gasteiger partial charge in [0.1, 0.15) is 0 Å². The van der Waals surface area contributed by atoms with E-state index in [9.17, 15) is 0 Å². The van der Waals surface area contributed by atoms with Gasteiger partial charge in [-0.1, -0.05) is 20.3 Å². The highest BCUT2D eigenvalue weighted by atomic mass is 35.6. The Balaban J connectivity index is 3.69. The number of hydrogen-bond donors (Lipinski definition) is 0. The van der Waals surface area contributed by atoms with Crippen LogP contribution in [0.5, 0.6) is 0 Å². The lowest BCUT2D eigenvalue weighted by Crippen LogP contribution is -2.30. The summed E-state index contributed by atoms with van der Waals surface area (Å²) in [5.74, 6) is 0. The highest BCUT2D eigenvalue weighted by Gasteiger charge is 2.28. The fourth-order valence-electron chi connectivity index (χ4n) is 0.983. The van der Waals surface area contributed by atoms with Crippen molar-refractivity contribution in [1.29, 1.82) is 0 Å². The van der Waals surface area contributed by atoms with Gasteiger partial charge in [-0.05, 0) is 19.0 Å². The third-order valence-corrected chi connectivity index (χ3v) is 6.36. The molecule has 0 aromatic carbocycles. The third kappa shape index (κ3) is 3.59. The summed E-state index contributed by atoms with van der Waals surface area (Å²) in [6.07, 6.45) is 1.14. The van der Waals surface area contributed by atoms with Crippen LogP contribution in [0, 0.1) is 0 Å². The molecule has 10 heavy (non-hydrogen) atoms. The lowest BCUT2D eigenvalue weighted by Gasteiger charge is -2.21. The van der Waals surface area contributed by atoms with Crippen LogP contribution in [0.1, 0.15) is 27.2 Å². The van der Waals surface area contributed by atoms with E-state index in [2.05, 4.69) is 13.8 Å². The average Bonchev–Trinajstić information content (AvgIpc) is 1.89. The zero-order valence-corrected chi connectivity index (χ0v) is 8.87. The number of rotatable bonds is 5. The van der Waals surface area contributed by atoms with E-state index >= 15 is 0 Å². The van der Waals surface area contributed by atoms with Crippen LogP contribution in [-0.4, -0.2) is 14.2 Å². The van der Waals surface area contributed by atoms with Crippen molar-refractivity contribution in [2.75, 3.05) is 6.61 Å². The van der Waals surface area contributed by atoms with E-state index in [1.807, 2.05) is 6.92 Å². The molecular weight excluding hydrogens is 164 g/mol. The minimum atomic E-state index is -1.75. The molecule has 0 fully saturated rings. The average molecular weight is 181 g/mol. The number of halogens is 1. The third-order valence-electron chi connectivity index (χ3n) is 1.55. The van der Waals surface area contributed by atoms with E-state index in [1.165, 1.54) is 0 Å². The highest BCUT2D eigenvalue weighted by molar-refractivity contribution is 7.16. The largest absolute Gasteiger partial charge is 0.403 e. The Hall–Kier alpha value is 0.467. The zero-order valence-electron chi connectivity index (χ0n) is 7.11. The van der Waals surface area contributed by atoms with E-state index in [0.717, 1.165) is 25.1 Å². The summed E-state index contributed by atoms with van der Waals surface area (Å²) in [5.41, 5.74) is 0. The lowest BCUT2D eigenvalue weighted by atomic mass is 10.6. The summed E-state index contributed by atoms with van der Waals surface area (Å²) in [4.78, 5) is 0. The van der Waals surface area contributed by atoms with Crippen LogP contribution in [-0.2, 0) is 4.43 Å². The minimum Gasteiger partial charge on any atom is -0.403 e. The summed E-state index contributed by atoms with van der Waals surface area (Å²) in [6, 6.07) is 2.11. The minimum absolute atomic E-state index is 0.767. The van der Waals surface area contributed by atoms with Gasteiger partial charge in [-0.15, -0.1) is 11.1 Å². The van der Waals surface area contributed by atoms with Crippen molar-refractivity contribution in [2.24, 2.45) is 0 Å². The molecule has 0 aliphatic carbocycles. The van der Waals surface area contributed by atoms with E-state index in [1.54, 1.807) is 0 Å². The van der Waals surface area contributed by atoms with Crippen LogP contribution >= 0.6 is 11.1 Å². The van der Waals surface area contributed by atoms with Crippen molar-refractivity contribution in [1.82, 2.24) is 0 Å². The highest BCUT2D eigenvalue weighted by Crippen LogP contribution is 2.22. The first-order chi connectivity index (χ1) is 4.68. The molecule has 0 aliphatic rings. The van der Waals surface area contributed by atoms with Crippen LogP contribution in [0.3, 0.4) is 0 Å². The standard InChI is InChI=1S/C7H17ClOSi/c1-4-7-10(8,6-3)9-5-2/h4-7H2,1-3H3. The predicted molar refractivity (Wildman–Crippen MR) is 48.8 cm³/mol. The smallest absolute Gasteiger partial charge is 0.289 e. The van der Waals surface area contributed by atoms with Gasteiger partial charge in [-0.25, -0.2) is 0 Å². The quantitative estimate of drug-likeness (QED) is 0.467. The molecule has 0 amide bonds. The molecule has 0 heterocycles. The van der Waals surface area contributed by atoms with Crippen molar-refractivity contribution in [2.45, 2.75) is 39.3 Å². The Morgan fingerprint density at radius 1 is 1.30 bits per heavy atom. The summed E-state index contributed by atoms with van der Waals surface area (Å²) in [6.45, 7) is 7.04. The number of hydrogen-bond acceptors (Lipinski definition) is 1. The molecule has 0 rings (SSSR count). The van der Waals surface area contributed by atoms with Gasteiger partial charge in [-0.2, -0.15) is 0 Å². The second kappa shape index (κ2) is 5.16. The SMILES string of the molecule is CCC[Si](Cl)(CC)OCC. The summed E-state index contributed by atoms with van der Waals surface area (Å²) in [7, 11) is -1.75. The molecule has 0 bridgehead atoms. The van der Waals surface area contributed by atoms with Crippen molar-refractivity contribution in [3.05, 3.63) is 0 Å². The van der Waals surface area contributed by atoms with Crippen molar-refractivity contribution in [3.63, 3.8) is 0 Å². The van der Waals surface area contributed by atoms with Crippen LogP contribution in [0.15, 0.2) is 0 Å². The molecule has 62 valence electrons. The Morgan fingerprint density at radius 3 is 2.20 bits per heavy atom. The molecule has 0 aliphatic heterocycles. The Labute approximate surface area is 69.6 Å². The maximum Gasteiger partial charge on any atom is 0.289 e. The molecule has 0 radical (unpaired) electrons. The monoisotopic (exact) mass is 180 g/mol. The predicted octanol–water partition coefficient (Wildman–Crippen LogP) is 3.13. The van der Waals surface area contributed by atoms with E-state index in [4.69, 9.17) is 15.5 Å². The van der Waals surface area contributed by atoms with Crippen molar-refractivity contribution in [3.8, 4) is 0 Å². The molecule has 0 aromatic heterocycles.